The van der Waals surface area contributed by atoms with Crippen LogP contribution in [-0.4, -0.2) is 40.3 Å². The molecule has 0 radical (unpaired) electrons. The van der Waals surface area contributed by atoms with Crippen LogP contribution in [0.15, 0.2) is 47.6 Å². The molecule has 0 spiro atoms. The summed E-state index contributed by atoms with van der Waals surface area (Å²) in [5.41, 5.74) is 0.764. The monoisotopic (exact) mass is 374 g/mol. The highest BCUT2D eigenvalue weighted by atomic mass is 19.2. The fourth-order valence-corrected chi connectivity index (χ4v) is 2.40. The zero-order valence-electron chi connectivity index (χ0n) is 14.8. The maximum Gasteiger partial charge on any atom is 0.191 e. The van der Waals surface area contributed by atoms with E-state index in [0.29, 0.717) is 25.6 Å². The van der Waals surface area contributed by atoms with Crippen LogP contribution < -0.4 is 15.4 Å². The van der Waals surface area contributed by atoms with Crippen LogP contribution in [0.2, 0.25) is 0 Å². The van der Waals surface area contributed by atoms with E-state index in [0.717, 1.165) is 23.6 Å². The van der Waals surface area contributed by atoms with Crippen LogP contribution in [0.5, 0.6) is 5.75 Å². The van der Waals surface area contributed by atoms with E-state index in [9.17, 15) is 8.78 Å². The van der Waals surface area contributed by atoms with Gasteiger partial charge in [0, 0.05) is 18.8 Å². The van der Waals surface area contributed by atoms with Gasteiger partial charge in [-0.25, -0.2) is 13.8 Å². The van der Waals surface area contributed by atoms with Crippen molar-refractivity contribution in [2.45, 2.75) is 13.5 Å². The van der Waals surface area contributed by atoms with E-state index in [1.807, 2.05) is 35.7 Å². The van der Waals surface area contributed by atoms with Gasteiger partial charge in [0.2, 0.25) is 0 Å². The fourth-order valence-electron chi connectivity index (χ4n) is 2.40. The summed E-state index contributed by atoms with van der Waals surface area (Å²) in [6.07, 6.45) is 1.89. The molecule has 9 heteroatoms. The molecule has 0 atom stereocenters. The first-order valence-corrected chi connectivity index (χ1v) is 8.56. The molecule has 0 aliphatic heterocycles. The van der Waals surface area contributed by atoms with Crippen LogP contribution in [-0.2, 0) is 6.54 Å². The van der Waals surface area contributed by atoms with Gasteiger partial charge in [-0.15, -0.1) is 10.2 Å². The van der Waals surface area contributed by atoms with E-state index >= 15 is 0 Å². The first-order valence-electron chi connectivity index (χ1n) is 8.56. The van der Waals surface area contributed by atoms with Gasteiger partial charge in [-0.1, -0.05) is 6.07 Å². The van der Waals surface area contributed by atoms with Gasteiger partial charge in [-0.3, -0.25) is 4.40 Å². The minimum Gasteiger partial charge on any atom is -0.492 e. The fraction of sp³-hybridized carbons (Fsp3) is 0.278. The number of rotatable bonds is 7. The van der Waals surface area contributed by atoms with Crippen LogP contribution in [0.4, 0.5) is 8.78 Å². The van der Waals surface area contributed by atoms with Gasteiger partial charge in [-0.2, -0.15) is 0 Å². The summed E-state index contributed by atoms with van der Waals surface area (Å²) < 4.78 is 33.3. The quantitative estimate of drug-likeness (QED) is 0.377. The van der Waals surface area contributed by atoms with Gasteiger partial charge < -0.3 is 15.4 Å². The third kappa shape index (κ3) is 4.90. The van der Waals surface area contributed by atoms with E-state index in [4.69, 9.17) is 4.74 Å². The van der Waals surface area contributed by atoms with Crippen molar-refractivity contribution < 1.29 is 13.5 Å². The second-order valence-corrected chi connectivity index (χ2v) is 5.59. The van der Waals surface area contributed by atoms with Crippen molar-refractivity contribution in [3.63, 3.8) is 0 Å². The largest absolute Gasteiger partial charge is 0.492 e. The molecule has 0 aliphatic rings. The number of guanidine groups is 1. The third-order valence-corrected chi connectivity index (χ3v) is 3.66. The lowest BCUT2D eigenvalue weighted by Gasteiger charge is -2.12. The van der Waals surface area contributed by atoms with Crippen LogP contribution in [0.25, 0.3) is 5.65 Å². The highest BCUT2D eigenvalue weighted by Crippen LogP contribution is 2.14. The highest BCUT2D eigenvalue weighted by molar-refractivity contribution is 5.79. The average molecular weight is 374 g/mol. The molecule has 0 bridgehead atoms. The lowest BCUT2D eigenvalue weighted by molar-refractivity contribution is 0.318. The smallest absolute Gasteiger partial charge is 0.191 e. The number of aromatic nitrogens is 3. The summed E-state index contributed by atoms with van der Waals surface area (Å²) in [6.45, 7) is 3.71. The first kappa shape index (κ1) is 18.6. The van der Waals surface area contributed by atoms with E-state index in [2.05, 4.69) is 25.8 Å². The number of fused-ring (bicyclic) bond motifs is 1. The number of aliphatic imine (C=N–C) groups is 1. The maximum absolute atomic E-state index is 13.2. The number of pyridine rings is 1. The minimum absolute atomic E-state index is 0.267. The van der Waals surface area contributed by atoms with Crippen molar-refractivity contribution in [1.29, 1.82) is 0 Å². The molecule has 7 nitrogen and oxygen atoms in total. The molecule has 2 N–H and O–H groups in total. The molecule has 142 valence electrons. The Morgan fingerprint density at radius 3 is 2.85 bits per heavy atom. The summed E-state index contributed by atoms with van der Waals surface area (Å²) in [6, 6.07) is 9.11. The predicted molar refractivity (Wildman–Crippen MR) is 97.7 cm³/mol. The van der Waals surface area contributed by atoms with Crippen LogP contribution >= 0.6 is 0 Å². The molecule has 0 fully saturated rings. The molecule has 0 amide bonds. The Morgan fingerprint density at radius 2 is 2.04 bits per heavy atom. The van der Waals surface area contributed by atoms with Crippen molar-refractivity contribution >= 4 is 11.6 Å². The van der Waals surface area contributed by atoms with Gasteiger partial charge in [0.1, 0.15) is 18.9 Å². The van der Waals surface area contributed by atoms with Gasteiger partial charge in [-0.05, 0) is 31.2 Å². The lowest BCUT2D eigenvalue weighted by Crippen LogP contribution is -2.39. The Hall–Kier alpha value is -3.23. The van der Waals surface area contributed by atoms with Crippen molar-refractivity contribution in [1.82, 2.24) is 25.2 Å². The van der Waals surface area contributed by atoms with Crippen molar-refractivity contribution in [2.24, 2.45) is 4.99 Å². The van der Waals surface area contributed by atoms with E-state index in [-0.39, 0.29) is 12.4 Å². The normalized spacial score (nSPS) is 11.6. The van der Waals surface area contributed by atoms with Gasteiger partial charge >= 0.3 is 0 Å². The van der Waals surface area contributed by atoms with E-state index in [1.54, 1.807) is 0 Å². The van der Waals surface area contributed by atoms with Crippen LogP contribution in [0.3, 0.4) is 0 Å². The van der Waals surface area contributed by atoms with Gasteiger partial charge in [0.25, 0.3) is 0 Å². The molecule has 0 saturated heterocycles. The maximum atomic E-state index is 13.2. The first-order chi connectivity index (χ1) is 13.2. The summed E-state index contributed by atoms with van der Waals surface area (Å²) in [4.78, 5) is 4.48. The number of hydrogen-bond donors (Lipinski definition) is 2. The number of benzene rings is 1. The molecular formula is C18H20F2N6O. The summed E-state index contributed by atoms with van der Waals surface area (Å²) in [5, 5.41) is 14.5. The number of nitrogens with one attached hydrogen (secondary N) is 2. The van der Waals surface area contributed by atoms with Crippen LogP contribution in [0, 0.1) is 11.6 Å². The molecule has 2 heterocycles. The highest BCUT2D eigenvalue weighted by Gasteiger charge is 2.05. The molecule has 0 saturated carbocycles. The molecule has 2 aromatic heterocycles. The van der Waals surface area contributed by atoms with Crippen LogP contribution in [0.1, 0.15) is 12.7 Å². The molecular weight excluding hydrogens is 354 g/mol. The van der Waals surface area contributed by atoms with Crippen molar-refractivity contribution in [3.05, 3.63) is 60.1 Å². The van der Waals surface area contributed by atoms with Crippen molar-refractivity contribution in [3.8, 4) is 5.75 Å². The van der Waals surface area contributed by atoms with E-state index < -0.39 is 11.6 Å². The Balaban J connectivity index is 1.53. The Morgan fingerprint density at radius 1 is 1.15 bits per heavy atom. The molecule has 27 heavy (non-hydrogen) atoms. The average Bonchev–Trinajstić information content (AvgIpc) is 3.09. The second kappa shape index (κ2) is 8.93. The zero-order chi connectivity index (χ0) is 19.1. The summed E-state index contributed by atoms with van der Waals surface area (Å²) in [5.74, 6) is -0.244. The van der Waals surface area contributed by atoms with Gasteiger partial charge in [0.05, 0.1) is 6.54 Å². The molecule has 3 aromatic rings. The summed E-state index contributed by atoms with van der Waals surface area (Å²) in [7, 11) is 0. The number of halogens is 2. The summed E-state index contributed by atoms with van der Waals surface area (Å²) >= 11 is 0. The Labute approximate surface area is 155 Å². The van der Waals surface area contributed by atoms with E-state index in [1.165, 1.54) is 6.07 Å². The topological polar surface area (TPSA) is 75.8 Å². The Kier molecular flexibility index (Phi) is 6.14. The molecule has 3 rings (SSSR count). The number of nitrogens with zero attached hydrogens (tertiary/aromatic N) is 4. The van der Waals surface area contributed by atoms with Gasteiger partial charge in [0.15, 0.2) is 29.1 Å². The SMILES string of the molecule is CCNC(=NCc1nnc2ccccn12)NCCOc1ccc(F)c(F)c1. The number of ether oxygens (including phenoxy) is 1. The zero-order valence-corrected chi connectivity index (χ0v) is 14.8. The lowest BCUT2D eigenvalue weighted by atomic mass is 10.3. The Bertz CT molecular complexity index is 927. The minimum atomic E-state index is -0.934. The third-order valence-electron chi connectivity index (χ3n) is 3.66. The second-order valence-electron chi connectivity index (χ2n) is 5.59. The molecule has 1 aromatic carbocycles. The predicted octanol–water partition coefficient (Wildman–Crippen LogP) is 2.14. The molecule has 0 aliphatic carbocycles. The standard InChI is InChI=1S/C18H20F2N6O/c1-2-21-18(22-8-10-27-13-6-7-14(19)15(20)11-13)23-12-17-25-24-16-5-3-4-9-26(16)17/h3-7,9,11H,2,8,10,12H2,1H3,(H2,21,22,23). The number of hydrogen-bond acceptors (Lipinski definition) is 4. The van der Waals surface area contributed by atoms with Crippen molar-refractivity contribution in [2.75, 3.05) is 19.7 Å². The molecule has 0 unspecified atom stereocenters.